The lowest BCUT2D eigenvalue weighted by Gasteiger charge is -2.19. The Balaban J connectivity index is 1.73. The number of aliphatic hydroxyl groups excluding tert-OH is 1. The summed E-state index contributed by atoms with van der Waals surface area (Å²) in [5, 5.41) is 21.5. The molecule has 0 heterocycles. The van der Waals surface area contributed by atoms with Gasteiger partial charge in [-0.15, -0.1) is 0 Å². The fourth-order valence-electron chi connectivity index (χ4n) is 2.61. The van der Waals surface area contributed by atoms with Crippen LogP contribution in [-0.2, 0) is 4.74 Å². The van der Waals surface area contributed by atoms with Crippen LogP contribution in [0.3, 0.4) is 0 Å². The van der Waals surface area contributed by atoms with Gasteiger partial charge in [-0.05, 0) is 37.3 Å². The summed E-state index contributed by atoms with van der Waals surface area (Å²) in [6, 6.07) is 5.97. The highest BCUT2D eigenvalue weighted by Crippen LogP contribution is 2.18. The molecule has 1 aliphatic rings. The van der Waals surface area contributed by atoms with Crippen molar-refractivity contribution >= 4 is 11.9 Å². The number of allylic oxidation sites excluding steroid dienone is 2. The predicted octanol–water partition coefficient (Wildman–Crippen LogP) is 1.85. The van der Waals surface area contributed by atoms with Gasteiger partial charge in [-0.3, -0.25) is 4.79 Å². The highest BCUT2D eigenvalue weighted by atomic mass is 16.5. The van der Waals surface area contributed by atoms with Crippen LogP contribution >= 0.6 is 0 Å². The van der Waals surface area contributed by atoms with Gasteiger partial charge in [-0.2, -0.15) is 0 Å². The summed E-state index contributed by atoms with van der Waals surface area (Å²) in [4.78, 5) is 23.2. The second-order valence-corrected chi connectivity index (χ2v) is 5.90. The number of carbonyl (C=O) groups excluding carboxylic acids is 1. The van der Waals surface area contributed by atoms with Crippen LogP contribution in [0.2, 0.25) is 0 Å². The standard InChI is InChI=1S/C18H23NO5/c20-14(12-24-11-13-6-2-1-3-7-13)10-19-17(21)15-8-4-5-9-16(15)18(22)23/h1-2,4-5,8-9,13-14,20H,3,6-7,10-12H2,(H,19,21)(H,22,23)/t13-,14+/m1/s1. The molecule has 0 saturated carbocycles. The summed E-state index contributed by atoms with van der Waals surface area (Å²) in [5.74, 6) is -1.20. The van der Waals surface area contributed by atoms with E-state index in [1.807, 2.05) is 0 Å². The average molecular weight is 333 g/mol. The zero-order valence-corrected chi connectivity index (χ0v) is 13.5. The number of benzene rings is 1. The van der Waals surface area contributed by atoms with E-state index in [0.29, 0.717) is 12.5 Å². The minimum absolute atomic E-state index is 0.0113. The maximum Gasteiger partial charge on any atom is 0.336 e. The number of hydrogen-bond donors (Lipinski definition) is 3. The lowest BCUT2D eigenvalue weighted by atomic mass is 9.95. The molecule has 1 aromatic rings. The molecule has 0 spiro atoms. The number of hydrogen-bond acceptors (Lipinski definition) is 4. The molecular weight excluding hydrogens is 310 g/mol. The number of nitrogens with one attached hydrogen (secondary N) is 1. The van der Waals surface area contributed by atoms with E-state index in [4.69, 9.17) is 9.84 Å². The Hall–Kier alpha value is -2.18. The van der Waals surface area contributed by atoms with E-state index in [1.54, 1.807) is 12.1 Å². The fourth-order valence-corrected chi connectivity index (χ4v) is 2.61. The van der Waals surface area contributed by atoms with Crippen molar-refractivity contribution in [2.24, 2.45) is 5.92 Å². The maximum absolute atomic E-state index is 12.1. The monoisotopic (exact) mass is 333 g/mol. The van der Waals surface area contributed by atoms with Gasteiger partial charge in [0.05, 0.1) is 23.8 Å². The quantitative estimate of drug-likeness (QED) is 0.631. The molecule has 6 nitrogen and oxygen atoms in total. The summed E-state index contributed by atoms with van der Waals surface area (Å²) < 4.78 is 5.51. The molecule has 1 aliphatic carbocycles. The molecule has 0 aliphatic heterocycles. The van der Waals surface area contributed by atoms with E-state index < -0.39 is 18.0 Å². The molecule has 3 N–H and O–H groups in total. The second kappa shape index (κ2) is 9.20. The fraction of sp³-hybridized carbons (Fsp3) is 0.444. The van der Waals surface area contributed by atoms with Gasteiger partial charge in [0.1, 0.15) is 0 Å². The number of carboxylic acid groups (broad SMARTS) is 1. The predicted molar refractivity (Wildman–Crippen MR) is 89.0 cm³/mol. The number of ether oxygens (including phenoxy) is 1. The van der Waals surface area contributed by atoms with Gasteiger partial charge in [0, 0.05) is 13.2 Å². The molecule has 2 rings (SSSR count). The first-order valence-electron chi connectivity index (χ1n) is 8.09. The molecule has 0 aromatic heterocycles. The molecule has 6 heteroatoms. The van der Waals surface area contributed by atoms with Crippen LogP contribution in [0.15, 0.2) is 36.4 Å². The number of amides is 1. The van der Waals surface area contributed by atoms with E-state index in [9.17, 15) is 14.7 Å². The average Bonchev–Trinajstić information content (AvgIpc) is 2.60. The summed E-state index contributed by atoms with van der Waals surface area (Å²) >= 11 is 0. The van der Waals surface area contributed by atoms with E-state index in [1.165, 1.54) is 12.1 Å². The molecule has 1 amide bonds. The van der Waals surface area contributed by atoms with Crippen LogP contribution in [-0.4, -0.2) is 48.0 Å². The van der Waals surface area contributed by atoms with Crippen LogP contribution in [0.5, 0.6) is 0 Å². The molecule has 24 heavy (non-hydrogen) atoms. The summed E-state index contributed by atoms with van der Waals surface area (Å²) in [6.07, 6.45) is 6.64. The first kappa shape index (κ1) is 18.2. The molecule has 2 atom stereocenters. The van der Waals surface area contributed by atoms with Gasteiger partial charge >= 0.3 is 5.97 Å². The Labute approximate surface area is 141 Å². The Morgan fingerprint density at radius 2 is 2.00 bits per heavy atom. The summed E-state index contributed by atoms with van der Waals surface area (Å²) in [6.45, 7) is 0.746. The van der Waals surface area contributed by atoms with Crippen molar-refractivity contribution in [3.05, 3.63) is 47.5 Å². The number of carbonyl (C=O) groups is 2. The summed E-state index contributed by atoms with van der Waals surface area (Å²) in [5.41, 5.74) is 0.0122. The van der Waals surface area contributed by atoms with Gasteiger partial charge in [0.15, 0.2) is 0 Å². The van der Waals surface area contributed by atoms with Crippen molar-refractivity contribution in [2.45, 2.75) is 25.4 Å². The topological polar surface area (TPSA) is 95.9 Å². The van der Waals surface area contributed by atoms with Gasteiger partial charge in [0.25, 0.3) is 5.91 Å². The van der Waals surface area contributed by atoms with Crippen LogP contribution in [0.4, 0.5) is 0 Å². The largest absolute Gasteiger partial charge is 0.478 e. The third-order valence-corrected chi connectivity index (χ3v) is 3.94. The number of rotatable bonds is 8. The Morgan fingerprint density at radius 1 is 1.25 bits per heavy atom. The minimum Gasteiger partial charge on any atom is -0.478 e. The van der Waals surface area contributed by atoms with Crippen molar-refractivity contribution in [3.63, 3.8) is 0 Å². The maximum atomic E-state index is 12.1. The Kier molecular flexibility index (Phi) is 6.96. The van der Waals surface area contributed by atoms with Gasteiger partial charge in [-0.1, -0.05) is 24.3 Å². The van der Waals surface area contributed by atoms with Gasteiger partial charge in [-0.25, -0.2) is 4.79 Å². The third kappa shape index (κ3) is 5.47. The van der Waals surface area contributed by atoms with E-state index in [2.05, 4.69) is 17.5 Å². The molecular formula is C18H23NO5. The second-order valence-electron chi connectivity index (χ2n) is 5.90. The van der Waals surface area contributed by atoms with Crippen LogP contribution < -0.4 is 5.32 Å². The molecule has 0 bridgehead atoms. The summed E-state index contributed by atoms with van der Waals surface area (Å²) in [7, 11) is 0. The number of aromatic carboxylic acids is 1. The van der Waals surface area contributed by atoms with E-state index >= 15 is 0 Å². The van der Waals surface area contributed by atoms with Crippen molar-refractivity contribution in [2.75, 3.05) is 19.8 Å². The van der Waals surface area contributed by atoms with E-state index in [-0.39, 0.29) is 24.3 Å². The van der Waals surface area contributed by atoms with Crippen molar-refractivity contribution in [1.82, 2.24) is 5.32 Å². The van der Waals surface area contributed by atoms with Crippen LogP contribution in [0.1, 0.15) is 40.0 Å². The SMILES string of the molecule is O=C(O)c1ccccc1C(=O)NC[C@H](O)COC[C@@H]1CC=CCC1. The zero-order chi connectivity index (χ0) is 17.4. The highest BCUT2D eigenvalue weighted by molar-refractivity contribution is 6.04. The third-order valence-electron chi connectivity index (χ3n) is 3.94. The molecule has 1 aromatic carbocycles. The molecule has 0 unspecified atom stereocenters. The van der Waals surface area contributed by atoms with Gasteiger partial charge in [0.2, 0.25) is 0 Å². The van der Waals surface area contributed by atoms with Crippen molar-refractivity contribution < 1.29 is 24.5 Å². The minimum atomic E-state index is -1.16. The molecule has 0 radical (unpaired) electrons. The van der Waals surface area contributed by atoms with Crippen LogP contribution in [0, 0.1) is 5.92 Å². The molecule has 0 saturated heterocycles. The first-order valence-corrected chi connectivity index (χ1v) is 8.09. The lowest BCUT2D eigenvalue weighted by Crippen LogP contribution is -2.35. The Bertz CT molecular complexity index is 599. The van der Waals surface area contributed by atoms with E-state index in [0.717, 1.165) is 19.3 Å². The smallest absolute Gasteiger partial charge is 0.336 e. The lowest BCUT2D eigenvalue weighted by molar-refractivity contribution is 0.0201. The zero-order valence-electron chi connectivity index (χ0n) is 13.5. The Morgan fingerprint density at radius 3 is 2.67 bits per heavy atom. The molecule has 0 fully saturated rings. The van der Waals surface area contributed by atoms with Crippen LogP contribution in [0.25, 0.3) is 0 Å². The number of carboxylic acids is 1. The normalized spacial score (nSPS) is 18.1. The molecule has 130 valence electrons. The number of aliphatic hydroxyl groups is 1. The van der Waals surface area contributed by atoms with Crippen molar-refractivity contribution in [1.29, 1.82) is 0 Å². The van der Waals surface area contributed by atoms with Gasteiger partial charge < -0.3 is 20.3 Å². The highest BCUT2D eigenvalue weighted by Gasteiger charge is 2.17. The van der Waals surface area contributed by atoms with Crippen molar-refractivity contribution in [3.8, 4) is 0 Å². The first-order chi connectivity index (χ1) is 11.6.